The van der Waals surface area contributed by atoms with Gasteiger partial charge >= 0.3 is 5.69 Å². The highest BCUT2D eigenvalue weighted by Gasteiger charge is 2.34. The third-order valence-corrected chi connectivity index (χ3v) is 8.00. The van der Waals surface area contributed by atoms with Crippen molar-refractivity contribution in [1.82, 2.24) is 14.5 Å². The number of carbonyl (C=O) groups excluding carboxylic acids is 1. The maximum absolute atomic E-state index is 14.0. The molecule has 0 fully saturated rings. The lowest BCUT2D eigenvalue weighted by atomic mass is 9.86. The zero-order chi connectivity index (χ0) is 27.7. The summed E-state index contributed by atoms with van der Waals surface area (Å²) in [6, 6.07) is 3.58. The van der Waals surface area contributed by atoms with Gasteiger partial charge in [0, 0.05) is 23.0 Å². The van der Waals surface area contributed by atoms with E-state index in [1.165, 1.54) is 23.8 Å². The number of benzene rings is 1. The van der Waals surface area contributed by atoms with Crippen molar-refractivity contribution in [2.45, 2.75) is 72.9 Å². The second-order valence-corrected chi connectivity index (χ2v) is 10.8. The fourth-order valence-corrected chi connectivity index (χ4v) is 5.42. The molecule has 2 aromatic heterocycles. The van der Waals surface area contributed by atoms with Crippen molar-refractivity contribution in [3.63, 3.8) is 0 Å². The van der Waals surface area contributed by atoms with Gasteiger partial charge in [0.2, 0.25) is 5.91 Å². The van der Waals surface area contributed by atoms with Crippen LogP contribution < -0.4 is 21.3 Å². The molecule has 1 aromatic carbocycles. The molecule has 37 heavy (non-hydrogen) atoms. The summed E-state index contributed by atoms with van der Waals surface area (Å²) in [5.41, 5.74) is -1.68. The third kappa shape index (κ3) is 5.48. The van der Waals surface area contributed by atoms with Crippen molar-refractivity contribution in [3.8, 4) is 5.75 Å². The topological polar surface area (TPSA) is 123 Å². The number of nitrogens with one attached hydrogen (secondary N) is 1. The van der Waals surface area contributed by atoms with Gasteiger partial charge < -0.3 is 20.3 Å². The van der Waals surface area contributed by atoms with E-state index in [-0.39, 0.29) is 53.2 Å². The Balaban J connectivity index is 2.23. The number of hydrogen-bond donors (Lipinski definition) is 3. The molecule has 11 heteroatoms. The fourth-order valence-electron chi connectivity index (χ4n) is 4.26. The molecule has 0 radical (unpaired) electrons. The van der Waals surface area contributed by atoms with Crippen LogP contribution in [0.4, 0.5) is 4.39 Å². The van der Waals surface area contributed by atoms with Crippen LogP contribution in [0.15, 0.2) is 27.8 Å². The van der Waals surface area contributed by atoms with Crippen molar-refractivity contribution in [3.05, 3.63) is 60.9 Å². The maximum Gasteiger partial charge on any atom is 0.332 e. The summed E-state index contributed by atoms with van der Waals surface area (Å²) in [6.07, 6.45) is -0.984. The largest absolute Gasteiger partial charge is 0.496 e. The van der Waals surface area contributed by atoms with E-state index in [0.717, 1.165) is 22.0 Å². The van der Waals surface area contributed by atoms with E-state index in [1.54, 1.807) is 13.8 Å². The van der Waals surface area contributed by atoms with Gasteiger partial charge in [-0.15, -0.1) is 11.3 Å². The third-order valence-electron chi connectivity index (χ3n) is 6.70. The molecule has 2 unspecified atom stereocenters. The van der Waals surface area contributed by atoms with Gasteiger partial charge in [-0.1, -0.05) is 6.92 Å². The van der Waals surface area contributed by atoms with Crippen LogP contribution in [0.25, 0.3) is 10.2 Å². The molecule has 202 valence electrons. The minimum Gasteiger partial charge on any atom is -0.496 e. The number of aryl methyl sites for hydroxylation is 1. The zero-order valence-electron chi connectivity index (χ0n) is 21.9. The summed E-state index contributed by atoms with van der Waals surface area (Å²) in [5, 5.41) is 24.0. The molecule has 0 saturated heterocycles. The summed E-state index contributed by atoms with van der Waals surface area (Å²) in [5.74, 6) is -0.624. The van der Waals surface area contributed by atoms with E-state index < -0.39 is 28.6 Å². The lowest BCUT2D eigenvalue weighted by Crippen LogP contribution is -2.49. The molecule has 2 heterocycles. The second-order valence-electron chi connectivity index (χ2n) is 9.72. The Morgan fingerprint density at radius 3 is 2.51 bits per heavy atom. The number of fused-ring (bicyclic) bond motifs is 1. The first kappa shape index (κ1) is 28.5. The molecule has 0 aliphatic carbocycles. The lowest BCUT2D eigenvalue weighted by Gasteiger charge is -2.29. The number of aliphatic hydroxyl groups excluding tert-OH is 2. The molecule has 9 nitrogen and oxygen atoms in total. The molecule has 3 aromatic rings. The SMILES string of the molecule is CCC(C)(Cn1c(=O)c2c(C)c(CO)sc2n(CC(O)c2cc(F)ccc2OC)c1=O)C(=O)NC(C)C. The van der Waals surface area contributed by atoms with Crippen LogP contribution in [0.1, 0.15) is 56.2 Å². The van der Waals surface area contributed by atoms with E-state index in [9.17, 15) is 29.0 Å². The summed E-state index contributed by atoms with van der Waals surface area (Å²) in [7, 11) is 1.39. The summed E-state index contributed by atoms with van der Waals surface area (Å²) in [4.78, 5) is 41.2. The zero-order valence-corrected chi connectivity index (χ0v) is 22.7. The van der Waals surface area contributed by atoms with Gasteiger partial charge in [-0.3, -0.25) is 18.7 Å². The highest BCUT2D eigenvalue weighted by molar-refractivity contribution is 7.18. The predicted molar refractivity (Wildman–Crippen MR) is 141 cm³/mol. The first-order valence-corrected chi connectivity index (χ1v) is 12.9. The van der Waals surface area contributed by atoms with Gasteiger partial charge in [-0.25, -0.2) is 9.18 Å². The van der Waals surface area contributed by atoms with Gasteiger partial charge in [-0.2, -0.15) is 0 Å². The molecule has 1 amide bonds. The first-order chi connectivity index (χ1) is 17.4. The average Bonchev–Trinajstić information content (AvgIpc) is 3.19. The van der Waals surface area contributed by atoms with Gasteiger partial charge in [0.1, 0.15) is 22.5 Å². The van der Waals surface area contributed by atoms with Crippen molar-refractivity contribution in [2.75, 3.05) is 7.11 Å². The number of halogens is 1. The van der Waals surface area contributed by atoms with Gasteiger partial charge in [-0.05, 0) is 57.9 Å². The van der Waals surface area contributed by atoms with Gasteiger partial charge in [0.15, 0.2) is 0 Å². The molecule has 0 saturated carbocycles. The first-order valence-electron chi connectivity index (χ1n) is 12.1. The van der Waals surface area contributed by atoms with Crippen LogP contribution >= 0.6 is 11.3 Å². The molecular formula is C26H34FN3O6S. The molecular weight excluding hydrogens is 501 g/mol. The Bertz CT molecular complexity index is 1430. The van der Waals surface area contributed by atoms with Crippen molar-refractivity contribution >= 4 is 27.5 Å². The number of aromatic nitrogens is 2. The normalized spacial score (nSPS) is 14.1. The fraction of sp³-hybridized carbons (Fsp3) is 0.500. The Morgan fingerprint density at radius 2 is 1.95 bits per heavy atom. The molecule has 3 N–H and O–H groups in total. The van der Waals surface area contributed by atoms with E-state index >= 15 is 0 Å². The number of thiophene rings is 1. The van der Waals surface area contributed by atoms with Crippen LogP contribution in [-0.4, -0.2) is 38.4 Å². The highest BCUT2D eigenvalue weighted by atomic mass is 32.1. The molecule has 0 spiro atoms. The number of aliphatic hydroxyl groups is 2. The molecule has 0 aliphatic rings. The lowest BCUT2D eigenvalue weighted by molar-refractivity contribution is -0.131. The Hall–Kier alpha value is -3.02. The van der Waals surface area contributed by atoms with Crippen molar-refractivity contribution < 1.29 is 24.1 Å². The Morgan fingerprint density at radius 1 is 1.27 bits per heavy atom. The highest BCUT2D eigenvalue weighted by Crippen LogP contribution is 2.32. The second kappa shape index (κ2) is 11.2. The van der Waals surface area contributed by atoms with E-state index in [1.807, 2.05) is 20.8 Å². The summed E-state index contributed by atoms with van der Waals surface area (Å²) in [6.45, 7) is 8.02. The molecule has 3 rings (SSSR count). The van der Waals surface area contributed by atoms with Crippen LogP contribution in [0, 0.1) is 18.2 Å². The summed E-state index contributed by atoms with van der Waals surface area (Å²) >= 11 is 1.08. The van der Waals surface area contributed by atoms with E-state index in [0.29, 0.717) is 16.9 Å². The van der Waals surface area contributed by atoms with E-state index in [2.05, 4.69) is 5.32 Å². The number of hydrogen-bond acceptors (Lipinski definition) is 7. The maximum atomic E-state index is 14.0. The minimum atomic E-state index is -1.35. The monoisotopic (exact) mass is 535 g/mol. The van der Waals surface area contributed by atoms with Crippen LogP contribution in [-0.2, 0) is 24.5 Å². The van der Waals surface area contributed by atoms with Gasteiger partial charge in [0.05, 0.1) is 31.1 Å². The smallest absolute Gasteiger partial charge is 0.332 e. The van der Waals surface area contributed by atoms with Crippen molar-refractivity contribution in [1.29, 1.82) is 0 Å². The van der Waals surface area contributed by atoms with Crippen LogP contribution in [0.3, 0.4) is 0 Å². The number of nitrogens with zero attached hydrogens (tertiary/aromatic N) is 2. The number of carbonyl (C=O) groups is 1. The van der Waals surface area contributed by atoms with E-state index in [4.69, 9.17) is 4.74 Å². The quantitative estimate of drug-likeness (QED) is 0.367. The Kier molecular flexibility index (Phi) is 8.61. The number of ether oxygens (including phenoxy) is 1. The Labute approximate surface area is 218 Å². The number of amides is 1. The standard InChI is InChI=1S/C26H34FN3O6S/c1-7-26(5,24(34)28-14(2)3)13-30-22(33)21-15(4)20(12-31)37-23(21)29(25(30)35)11-18(32)17-10-16(27)8-9-19(17)36-6/h8-10,14,18,31-32H,7,11-13H2,1-6H3,(H,28,34). The molecule has 0 bridgehead atoms. The summed E-state index contributed by atoms with van der Waals surface area (Å²) < 4.78 is 21.5. The van der Waals surface area contributed by atoms with Gasteiger partial charge in [0.25, 0.3) is 5.56 Å². The van der Waals surface area contributed by atoms with Crippen LogP contribution in [0.2, 0.25) is 0 Å². The predicted octanol–water partition coefficient (Wildman–Crippen LogP) is 2.85. The minimum absolute atomic E-state index is 0.128. The molecule has 2 atom stereocenters. The average molecular weight is 536 g/mol. The molecule has 0 aliphatic heterocycles. The van der Waals surface area contributed by atoms with Crippen LogP contribution in [0.5, 0.6) is 5.75 Å². The number of methoxy groups -OCH3 is 1. The number of rotatable bonds is 10. The van der Waals surface area contributed by atoms with Crippen molar-refractivity contribution in [2.24, 2.45) is 5.41 Å².